The molecule has 0 bridgehead atoms. The molecule has 114 valence electrons. The quantitative estimate of drug-likeness (QED) is 0.619. The average molecular weight is 305 g/mol. The molecule has 0 fully saturated rings. The van der Waals surface area contributed by atoms with Gasteiger partial charge in [-0.2, -0.15) is 5.10 Å². The Balaban J connectivity index is 2.12. The number of rotatable bonds is 2. The van der Waals surface area contributed by atoms with Gasteiger partial charge >= 0.3 is 0 Å². The van der Waals surface area contributed by atoms with Gasteiger partial charge in [-0.3, -0.25) is 4.79 Å². The number of methoxy groups -OCH3 is 1. The number of pyridine rings is 1. The Morgan fingerprint density at radius 3 is 2.57 bits per heavy atom. The molecule has 2 heterocycles. The Hall–Kier alpha value is -3.08. The lowest BCUT2D eigenvalue weighted by atomic mass is 10.1. The first kappa shape index (κ1) is 13.6. The lowest BCUT2D eigenvalue weighted by Crippen LogP contribution is -2.07. The van der Waals surface area contributed by atoms with Crippen LogP contribution in [-0.2, 0) is 0 Å². The molecule has 0 saturated heterocycles. The van der Waals surface area contributed by atoms with E-state index in [1.807, 2.05) is 60.1 Å². The molecule has 0 unspecified atom stereocenters. The van der Waals surface area contributed by atoms with Gasteiger partial charge in [0, 0.05) is 5.39 Å². The second-order valence-corrected chi connectivity index (χ2v) is 5.42. The first-order valence-corrected chi connectivity index (χ1v) is 7.34. The number of nitrogens with one attached hydrogen (secondary N) is 1. The number of benzene rings is 2. The highest BCUT2D eigenvalue weighted by Gasteiger charge is 2.15. The second-order valence-electron chi connectivity index (χ2n) is 5.42. The maximum Gasteiger partial charge on any atom is 0.259 e. The third-order valence-electron chi connectivity index (χ3n) is 4.03. The number of fused-ring (bicyclic) bond motifs is 3. The fourth-order valence-electron chi connectivity index (χ4n) is 2.94. The zero-order valence-electron chi connectivity index (χ0n) is 12.8. The van der Waals surface area contributed by atoms with E-state index in [0.29, 0.717) is 11.1 Å². The Kier molecular flexibility index (Phi) is 2.94. The van der Waals surface area contributed by atoms with Crippen LogP contribution in [0.5, 0.6) is 5.75 Å². The van der Waals surface area contributed by atoms with Crippen LogP contribution in [0.25, 0.3) is 27.5 Å². The van der Waals surface area contributed by atoms with E-state index in [1.165, 1.54) is 0 Å². The zero-order chi connectivity index (χ0) is 16.0. The molecule has 0 aliphatic carbocycles. The molecule has 0 amide bonds. The molecule has 5 heteroatoms. The number of ether oxygens (including phenoxy) is 1. The van der Waals surface area contributed by atoms with Gasteiger partial charge in [-0.05, 0) is 37.3 Å². The molecule has 0 spiro atoms. The summed E-state index contributed by atoms with van der Waals surface area (Å²) in [5.41, 5.74) is 3.12. The summed E-state index contributed by atoms with van der Waals surface area (Å²) in [5.74, 6) is 0.782. The predicted molar refractivity (Wildman–Crippen MR) is 90.5 cm³/mol. The van der Waals surface area contributed by atoms with E-state index in [-0.39, 0.29) is 5.56 Å². The number of H-pyrrole nitrogens is 1. The summed E-state index contributed by atoms with van der Waals surface area (Å²) in [7, 11) is 1.63. The number of hydrogen-bond acceptors (Lipinski definition) is 3. The third kappa shape index (κ3) is 2.01. The molecule has 4 rings (SSSR count). The monoisotopic (exact) mass is 305 g/mol. The normalized spacial score (nSPS) is 11.2. The van der Waals surface area contributed by atoms with Gasteiger partial charge in [0.15, 0.2) is 0 Å². The molecule has 2 aromatic carbocycles. The standard InChI is InChI=1S/C18H15N3O2/c1-11-16-17(14-5-3-4-6-15(14)19-18(16)22)21(20-11)12-7-9-13(23-2)10-8-12/h3-10H,1-2H3,(H,19,22). The summed E-state index contributed by atoms with van der Waals surface area (Å²) in [6.07, 6.45) is 0. The number of aromatic nitrogens is 3. The minimum absolute atomic E-state index is 0.115. The molecule has 0 radical (unpaired) electrons. The minimum atomic E-state index is -0.115. The van der Waals surface area contributed by atoms with Gasteiger partial charge in [0.25, 0.3) is 5.56 Å². The van der Waals surface area contributed by atoms with Gasteiger partial charge in [-0.15, -0.1) is 0 Å². The van der Waals surface area contributed by atoms with E-state index >= 15 is 0 Å². The molecular formula is C18H15N3O2. The van der Waals surface area contributed by atoms with Gasteiger partial charge in [0.1, 0.15) is 5.75 Å². The fourth-order valence-corrected chi connectivity index (χ4v) is 2.94. The summed E-state index contributed by atoms with van der Waals surface area (Å²) in [6.45, 7) is 1.85. The first-order chi connectivity index (χ1) is 11.2. The topological polar surface area (TPSA) is 59.9 Å². The van der Waals surface area contributed by atoms with Crippen LogP contribution in [0.3, 0.4) is 0 Å². The van der Waals surface area contributed by atoms with Crippen molar-refractivity contribution in [1.29, 1.82) is 0 Å². The largest absolute Gasteiger partial charge is 0.497 e. The van der Waals surface area contributed by atoms with Crippen molar-refractivity contribution in [2.45, 2.75) is 6.92 Å². The van der Waals surface area contributed by atoms with Gasteiger partial charge in [-0.1, -0.05) is 18.2 Å². The van der Waals surface area contributed by atoms with Crippen molar-refractivity contribution in [1.82, 2.24) is 14.8 Å². The molecule has 5 nitrogen and oxygen atoms in total. The summed E-state index contributed by atoms with van der Waals surface area (Å²) >= 11 is 0. The van der Waals surface area contributed by atoms with Crippen LogP contribution < -0.4 is 10.3 Å². The molecule has 0 saturated carbocycles. The van der Waals surface area contributed by atoms with Crippen molar-refractivity contribution in [3.63, 3.8) is 0 Å². The molecule has 23 heavy (non-hydrogen) atoms. The van der Waals surface area contributed by atoms with Gasteiger partial charge in [0.2, 0.25) is 0 Å². The van der Waals surface area contributed by atoms with E-state index in [0.717, 1.165) is 27.9 Å². The third-order valence-corrected chi connectivity index (χ3v) is 4.03. The Bertz CT molecular complexity index is 1080. The molecule has 2 aromatic heterocycles. The van der Waals surface area contributed by atoms with Crippen LogP contribution in [0.4, 0.5) is 0 Å². The molecule has 4 aromatic rings. The molecule has 0 atom stereocenters. The van der Waals surface area contributed by atoms with E-state index in [2.05, 4.69) is 10.1 Å². The molecule has 0 aliphatic rings. The lowest BCUT2D eigenvalue weighted by molar-refractivity contribution is 0.414. The van der Waals surface area contributed by atoms with Crippen molar-refractivity contribution in [2.75, 3.05) is 7.11 Å². The number of para-hydroxylation sites is 1. The maximum atomic E-state index is 12.4. The number of nitrogens with zero attached hydrogens (tertiary/aromatic N) is 2. The highest BCUT2D eigenvalue weighted by molar-refractivity contribution is 6.04. The second kappa shape index (κ2) is 4.98. The first-order valence-electron chi connectivity index (χ1n) is 7.34. The summed E-state index contributed by atoms with van der Waals surface area (Å²) < 4.78 is 7.02. The van der Waals surface area contributed by atoms with E-state index in [4.69, 9.17) is 4.74 Å². The Labute approximate surface area is 132 Å². The van der Waals surface area contributed by atoms with Crippen molar-refractivity contribution in [2.24, 2.45) is 0 Å². The summed E-state index contributed by atoms with van der Waals surface area (Å²) in [6, 6.07) is 15.4. The predicted octanol–water partition coefficient (Wildman–Crippen LogP) is 3.18. The SMILES string of the molecule is COc1ccc(-n2nc(C)c3c(=O)[nH]c4ccccc4c32)cc1. The van der Waals surface area contributed by atoms with Crippen LogP contribution in [-0.4, -0.2) is 21.9 Å². The minimum Gasteiger partial charge on any atom is -0.497 e. The molecular weight excluding hydrogens is 290 g/mol. The number of aromatic amines is 1. The van der Waals surface area contributed by atoms with Crippen molar-refractivity contribution >= 4 is 21.8 Å². The smallest absolute Gasteiger partial charge is 0.259 e. The Morgan fingerprint density at radius 1 is 1.09 bits per heavy atom. The van der Waals surface area contributed by atoms with Crippen LogP contribution in [0.15, 0.2) is 53.3 Å². The number of hydrogen-bond donors (Lipinski definition) is 1. The van der Waals surface area contributed by atoms with Crippen molar-refractivity contribution < 1.29 is 4.74 Å². The van der Waals surface area contributed by atoms with Crippen LogP contribution in [0, 0.1) is 6.92 Å². The van der Waals surface area contributed by atoms with Gasteiger partial charge in [0.05, 0.1) is 34.9 Å². The van der Waals surface area contributed by atoms with E-state index in [9.17, 15) is 4.79 Å². The highest BCUT2D eigenvalue weighted by Crippen LogP contribution is 2.26. The van der Waals surface area contributed by atoms with Crippen LogP contribution >= 0.6 is 0 Å². The van der Waals surface area contributed by atoms with Gasteiger partial charge < -0.3 is 9.72 Å². The van der Waals surface area contributed by atoms with Crippen LogP contribution in [0.1, 0.15) is 5.69 Å². The van der Waals surface area contributed by atoms with Crippen molar-refractivity contribution in [3.8, 4) is 11.4 Å². The summed E-state index contributed by atoms with van der Waals surface area (Å²) in [4.78, 5) is 15.4. The zero-order valence-corrected chi connectivity index (χ0v) is 12.8. The maximum absolute atomic E-state index is 12.4. The van der Waals surface area contributed by atoms with Crippen LogP contribution in [0.2, 0.25) is 0 Å². The van der Waals surface area contributed by atoms with E-state index in [1.54, 1.807) is 7.11 Å². The average Bonchev–Trinajstić information content (AvgIpc) is 2.93. The number of aryl methyl sites for hydroxylation is 1. The Morgan fingerprint density at radius 2 is 1.83 bits per heavy atom. The fraction of sp³-hybridized carbons (Fsp3) is 0.111. The van der Waals surface area contributed by atoms with E-state index < -0.39 is 0 Å². The molecule has 0 aliphatic heterocycles. The molecule has 1 N–H and O–H groups in total. The highest BCUT2D eigenvalue weighted by atomic mass is 16.5. The van der Waals surface area contributed by atoms with Gasteiger partial charge in [-0.25, -0.2) is 4.68 Å². The lowest BCUT2D eigenvalue weighted by Gasteiger charge is -2.07. The summed E-state index contributed by atoms with van der Waals surface area (Å²) in [5, 5.41) is 6.18. The van der Waals surface area contributed by atoms with Crippen molar-refractivity contribution in [3.05, 3.63) is 64.6 Å².